The van der Waals surface area contributed by atoms with Gasteiger partial charge in [0, 0.05) is 23.1 Å². The van der Waals surface area contributed by atoms with Gasteiger partial charge in [0.1, 0.15) is 22.7 Å². The Hall–Kier alpha value is -3.19. The van der Waals surface area contributed by atoms with E-state index < -0.39 is 5.54 Å². The quantitative estimate of drug-likeness (QED) is 0.450. The van der Waals surface area contributed by atoms with E-state index in [1.165, 1.54) is 6.42 Å². The van der Waals surface area contributed by atoms with Crippen LogP contribution in [0.1, 0.15) is 55.1 Å². The molecule has 1 aromatic heterocycles. The van der Waals surface area contributed by atoms with Crippen LogP contribution in [0.25, 0.3) is 10.9 Å². The third kappa shape index (κ3) is 4.41. The van der Waals surface area contributed by atoms with Gasteiger partial charge in [-0.1, -0.05) is 49.1 Å². The SMILES string of the molecule is COc1ccc2cc3n(c2c1)CC(C)(C(=O)NC1CCCCC1)N(Cc1ccccc1OCCl)C3=O. The highest BCUT2D eigenvalue weighted by molar-refractivity contribution is 6.17. The maximum Gasteiger partial charge on any atom is 0.271 e. The minimum Gasteiger partial charge on any atom is -0.497 e. The fourth-order valence-electron chi connectivity index (χ4n) is 5.50. The van der Waals surface area contributed by atoms with Gasteiger partial charge in [0.2, 0.25) is 5.91 Å². The summed E-state index contributed by atoms with van der Waals surface area (Å²) >= 11 is 5.85. The molecule has 1 atom stereocenters. The zero-order valence-electron chi connectivity index (χ0n) is 20.8. The number of aromatic nitrogens is 1. The van der Waals surface area contributed by atoms with Crippen LogP contribution in [0.15, 0.2) is 48.5 Å². The van der Waals surface area contributed by atoms with Crippen LogP contribution in [0.5, 0.6) is 11.5 Å². The lowest BCUT2D eigenvalue weighted by Gasteiger charge is -2.45. The van der Waals surface area contributed by atoms with Crippen LogP contribution in [-0.2, 0) is 17.9 Å². The number of ether oxygens (including phenoxy) is 2. The largest absolute Gasteiger partial charge is 0.497 e. The highest BCUT2D eigenvalue weighted by Crippen LogP contribution is 2.36. The Morgan fingerprint density at radius 2 is 1.92 bits per heavy atom. The summed E-state index contributed by atoms with van der Waals surface area (Å²) in [5, 5.41) is 4.21. The van der Waals surface area contributed by atoms with Gasteiger partial charge in [-0.15, -0.1) is 0 Å². The number of benzene rings is 2. The van der Waals surface area contributed by atoms with Crippen molar-refractivity contribution < 1.29 is 19.1 Å². The van der Waals surface area contributed by atoms with E-state index in [9.17, 15) is 9.59 Å². The molecule has 3 aromatic rings. The van der Waals surface area contributed by atoms with Gasteiger partial charge in [0.15, 0.2) is 6.07 Å². The lowest BCUT2D eigenvalue weighted by atomic mass is 9.91. The molecular formula is C28H32ClN3O4. The molecule has 8 heteroatoms. The fourth-order valence-corrected chi connectivity index (χ4v) is 5.61. The number of hydrogen-bond donors (Lipinski definition) is 1. The van der Waals surface area contributed by atoms with Gasteiger partial charge in [-0.25, -0.2) is 0 Å². The Balaban J connectivity index is 1.57. The number of carbonyl (C=O) groups excluding carboxylic acids is 2. The van der Waals surface area contributed by atoms with Crippen LogP contribution < -0.4 is 14.8 Å². The van der Waals surface area contributed by atoms with E-state index in [0.717, 1.165) is 42.1 Å². The summed E-state index contributed by atoms with van der Waals surface area (Å²) in [5.74, 6) is 0.984. The van der Waals surface area contributed by atoms with Gasteiger partial charge >= 0.3 is 0 Å². The molecule has 2 aromatic carbocycles. The molecule has 1 saturated carbocycles. The van der Waals surface area contributed by atoms with Crippen molar-refractivity contribution in [3.63, 3.8) is 0 Å². The second-order valence-electron chi connectivity index (χ2n) is 9.88. The van der Waals surface area contributed by atoms with Crippen LogP contribution in [-0.4, -0.2) is 46.0 Å². The second-order valence-corrected chi connectivity index (χ2v) is 10.1. The summed E-state index contributed by atoms with van der Waals surface area (Å²) in [6.45, 7) is 2.43. The number of nitrogens with zero attached hydrogens (tertiary/aromatic N) is 2. The Morgan fingerprint density at radius 1 is 1.14 bits per heavy atom. The Bertz CT molecular complexity index is 1280. The van der Waals surface area contributed by atoms with Crippen molar-refractivity contribution in [3.8, 4) is 11.5 Å². The van der Waals surface area contributed by atoms with E-state index in [4.69, 9.17) is 21.1 Å². The summed E-state index contributed by atoms with van der Waals surface area (Å²) in [6, 6.07) is 15.3. The number of fused-ring (bicyclic) bond motifs is 3. The molecule has 1 unspecified atom stereocenters. The predicted octanol–water partition coefficient (Wildman–Crippen LogP) is 5.09. The van der Waals surface area contributed by atoms with E-state index in [0.29, 0.717) is 23.7 Å². The van der Waals surface area contributed by atoms with Crippen LogP contribution in [0.2, 0.25) is 0 Å². The molecular weight excluding hydrogens is 478 g/mol. The Morgan fingerprint density at radius 3 is 2.67 bits per heavy atom. The first-order valence-corrected chi connectivity index (χ1v) is 13.0. The zero-order chi connectivity index (χ0) is 25.3. The number of amides is 2. The zero-order valence-corrected chi connectivity index (χ0v) is 21.5. The number of methoxy groups -OCH3 is 1. The molecule has 1 fully saturated rings. The van der Waals surface area contributed by atoms with Gasteiger partial charge in [-0.3, -0.25) is 9.59 Å². The van der Waals surface area contributed by atoms with E-state index in [-0.39, 0.29) is 30.5 Å². The summed E-state index contributed by atoms with van der Waals surface area (Å²) in [7, 11) is 1.62. The first-order chi connectivity index (χ1) is 17.4. The van der Waals surface area contributed by atoms with Crippen LogP contribution >= 0.6 is 11.6 Å². The van der Waals surface area contributed by atoms with Crippen molar-refractivity contribution in [2.75, 3.05) is 13.2 Å². The van der Waals surface area contributed by atoms with Crippen LogP contribution in [0.4, 0.5) is 0 Å². The van der Waals surface area contributed by atoms with Gasteiger partial charge in [0.25, 0.3) is 5.91 Å². The summed E-state index contributed by atoms with van der Waals surface area (Å²) in [6.07, 6.45) is 5.36. The van der Waals surface area contributed by atoms with Crippen molar-refractivity contribution in [1.29, 1.82) is 0 Å². The number of hydrogen-bond acceptors (Lipinski definition) is 4. The third-order valence-electron chi connectivity index (χ3n) is 7.58. The smallest absolute Gasteiger partial charge is 0.271 e. The van der Waals surface area contributed by atoms with Crippen molar-refractivity contribution >= 4 is 34.3 Å². The van der Waals surface area contributed by atoms with E-state index in [1.54, 1.807) is 12.0 Å². The van der Waals surface area contributed by atoms with Crippen LogP contribution in [0, 0.1) is 0 Å². The monoisotopic (exact) mass is 509 g/mol. The van der Waals surface area contributed by atoms with Gasteiger partial charge in [-0.2, -0.15) is 0 Å². The van der Waals surface area contributed by atoms with E-state index in [2.05, 4.69) is 5.32 Å². The molecule has 2 aliphatic rings. The minimum absolute atomic E-state index is 0.000463. The molecule has 1 aliphatic carbocycles. The standard InChI is InChI=1S/C28H32ClN3O4/c1-28(27(34)30-21-9-4-3-5-10-21)17-31-23-15-22(35-2)13-12-19(23)14-24(31)26(33)32(28)16-20-8-6-7-11-25(20)36-18-29/h6-8,11-15,21H,3-5,9-10,16-18H2,1-2H3,(H,30,34). The van der Waals surface area contributed by atoms with Crippen molar-refractivity contribution in [2.24, 2.45) is 0 Å². The van der Waals surface area contributed by atoms with Crippen molar-refractivity contribution in [1.82, 2.24) is 14.8 Å². The molecule has 1 N–H and O–H groups in total. The number of nitrogens with one attached hydrogen (secondary N) is 1. The first-order valence-electron chi connectivity index (χ1n) is 12.5. The molecule has 0 bridgehead atoms. The lowest BCUT2D eigenvalue weighted by molar-refractivity contribution is -0.134. The molecule has 190 valence electrons. The van der Waals surface area contributed by atoms with Gasteiger partial charge in [-0.05, 0) is 44.0 Å². The lowest BCUT2D eigenvalue weighted by Crippen LogP contribution is -2.64. The van der Waals surface area contributed by atoms with Gasteiger partial charge < -0.3 is 24.3 Å². The van der Waals surface area contributed by atoms with Crippen LogP contribution in [0.3, 0.4) is 0 Å². The summed E-state index contributed by atoms with van der Waals surface area (Å²) in [4.78, 5) is 29.7. The van der Waals surface area contributed by atoms with Crippen molar-refractivity contribution in [2.45, 2.75) is 63.7 Å². The van der Waals surface area contributed by atoms with E-state index in [1.807, 2.05) is 60.0 Å². The summed E-state index contributed by atoms with van der Waals surface area (Å²) in [5.41, 5.74) is 1.12. The third-order valence-corrected chi connectivity index (χ3v) is 7.69. The fraction of sp³-hybridized carbons (Fsp3) is 0.429. The molecule has 0 radical (unpaired) electrons. The predicted molar refractivity (Wildman–Crippen MR) is 140 cm³/mol. The highest BCUT2D eigenvalue weighted by atomic mass is 35.5. The number of alkyl halides is 1. The molecule has 5 rings (SSSR count). The molecule has 0 saturated heterocycles. The summed E-state index contributed by atoms with van der Waals surface area (Å²) < 4.78 is 13.0. The average Bonchev–Trinajstić information content (AvgIpc) is 3.25. The number of carbonyl (C=O) groups is 2. The minimum atomic E-state index is -1.11. The molecule has 1 aliphatic heterocycles. The molecule has 7 nitrogen and oxygen atoms in total. The van der Waals surface area contributed by atoms with Crippen molar-refractivity contribution in [3.05, 3.63) is 59.8 Å². The maximum atomic E-state index is 14.1. The maximum absolute atomic E-state index is 14.1. The second kappa shape index (κ2) is 10.1. The molecule has 2 amide bonds. The Labute approximate surface area is 216 Å². The number of para-hydroxylation sites is 1. The normalized spacial score (nSPS) is 20.3. The molecule has 0 spiro atoms. The Kier molecular flexibility index (Phi) is 6.84. The topological polar surface area (TPSA) is 72.8 Å². The average molecular weight is 510 g/mol. The highest BCUT2D eigenvalue weighted by Gasteiger charge is 2.48. The van der Waals surface area contributed by atoms with E-state index >= 15 is 0 Å². The first kappa shape index (κ1) is 24.5. The molecule has 36 heavy (non-hydrogen) atoms. The number of halogens is 1. The number of rotatable bonds is 7. The van der Waals surface area contributed by atoms with Gasteiger partial charge in [0.05, 0.1) is 25.7 Å². The molecule has 2 heterocycles.